The SMILES string of the molecule is COC(=O)c1ccccc1Cn1nc(C)c(NC(=O)/C=C/c2ccccc2Cl)c1C. The van der Waals surface area contributed by atoms with Gasteiger partial charge in [-0.1, -0.05) is 48.0 Å². The third kappa shape index (κ3) is 4.78. The number of nitrogens with one attached hydrogen (secondary N) is 1. The van der Waals surface area contributed by atoms with Crippen LogP contribution in [0.5, 0.6) is 0 Å². The molecule has 30 heavy (non-hydrogen) atoms. The molecule has 0 atom stereocenters. The van der Waals surface area contributed by atoms with Crippen LogP contribution in [0.2, 0.25) is 5.02 Å². The quantitative estimate of drug-likeness (QED) is 0.463. The van der Waals surface area contributed by atoms with E-state index in [1.807, 2.05) is 44.2 Å². The number of rotatable bonds is 6. The highest BCUT2D eigenvalue weighted by atomic mass is 35.5. The molecule has 0 spiro atoms. The number of amides is 1. The van der Waals surface area contributed by atoms with Crippen molar-refractivity contribution >= 4 is 35.2 Å². The van der Waals surface area contributed by atoms with Gasteiger partial charge in [0.2, 0.25) is 5.91 Å². The van der Waals surface area contributed by atoms with E-state index in [0.717, 1.165) is 16.8 Å². The van der Waals surface area contributed by atoms with Crippen LogP contribution < -0.4 is 5.32 Å². The van der Waals surface area contributed by atoms with E-state index in [1.54, 1.807) is 29.0 Å². The van der Waals surface area contributed by atoms with Crippen LogP contribution in [0, 0.1) is 13.8 Å². The fourth-order valence-corrected chi connectivity index (χ4v) is 3.30. The number of aryl methyl sites for hydroxylation is 1. The van der Waals surface area contributed by atoms with Crippen molar-refractivity contribution in [3.8, 4) is 0 Å². The fraction of sp³-hybridized carbons (Fsp3) is 0.174. The van der Waals surface area contributed by atoms with E-state index in [1.165, 1.54) is 13.2 Å². The third-order valence-corrected chi connectivity index (χ3v) is 5.04. The first-order chi connectivity index (χ1) is 14.4. The maximum absolute atomic E-state index is 12.4. The highest BCUT2D eigenvalue weighted by Crippen LogP contribution is 2.22. The Morgan fingerprint density at radius 2 is 1.83 bits per heavy atom. The second kappa shape index (κ2) is 9.41. The molecule has 1 aromatic heterocycles. The molecule has 3 rings (SSSR count). The lowest BCUT2D eigenvalue weighted by Gasteiger charge is -2.10. The van der Waals surface area contributed by atoms with Crippen molar-refractivity contribution in [2.45, 2.75) is 20.4 Å². The van der Waals surface area contributed by atoms with Gasteiger partial charge in [0, 0.05) is 11.1 Å². The van der Waals surface area contributed by atoms with Gasteiger partial charge in [-0.2, -0.15) is 5.10 Å². The number of carbonyl (C=O) groups excluding carboxylic acids is 2. The van der Waals surface area contributed by atoms with Gasteiger partial charge in [-0.15, -0.1) is 0 Å². The summed E-state index contributed by atoms with van der Waals surface area (Å²) in [6.45, 7) is 4.07. The fourth-order valence-electron chi connectivity index (χ4n) is 3.10. The van der Waals surface area contributed by atoms with E-state index >= 15 is 0 Å². The largest absolute Gasteiger partial charge is 0.465 e. The minimum atomic E-state index is -0.398. The summed E-state index contributed by atoms with van der Waals surface area (Å²) in [5.41, 5.74) is 4.14. The predicted molar refractivity (Wildman–Crippen MR) is 118 cm³/mol. The van der Waals surface area contributed by atoms with E-state index in [9.17, 15) is 9.59 Å². The smallest absolute Gasteiger partial charge is 0.338 e. The number of hydrogen-bond donors (Lipinski definition) is 1. The summed E-state index contributed by atoms with van der Waals surface area (Å²) in [6, 6.07) is 14.5. The van der Waals surface area contributed by atoms with Crippen molar-refractivity contribution in [2.24, 2.45) is 0 Å². The molecule has 0 radical (unpaired) electrons. The van der Waals surface area contributed by atoms with Gasteiger partial charge in [0.05, 0.1) is 36.3 Å². The average Bonchev–Trinajstić information content (AvgIpc) is 3.00. The maximum atomic E-state index is 12.4. The van der Waals surface area contributed by atoms with Crippen LogP contribution in [0.1, 0.15) is 32.9 Å². The summed E-state index contributed by atoms with van der Waals surface area (Å²) in [6.07, 6.45) is 3.10. The van der Waals surface area contributed by atoms with Gasteiger partial charge in [-0.05, 0) is 43.2 Å². The van der Waals surface area contributed by atoms with E-state index in [2.05, 4.69) is 10.4 Å². The topological polar surface area (TPSA) is 73.2 Å². The van der Waals surface area contributed by atoms with Crippen molar-refractivity contribution in [1.82, 2.24) is 9.78 Å². The van der Waals surface area contributed by atoms with Gasteiger partial charge in [-0.25, -0.2) is 4.79 Å². The second-order valence-corrected chi connectivity index (χ2v) is 7.10. The number of carbonyl (C=O) groups is 2. The number of nitrogens with zero attached hydrogens (tertiary/aromatic N) is 2. The first-order valence-corrected chi connectivity index (χ1v) is 9.72. The standard InChI is InChI=1S/C23H22ClN3O3/c1-15-22(25-21(28)13-12-17-8-5-7-11-20(17)24)16(2)27(26-15)14-18-9-4-6-10-19(18)23(29)30-3/h4-13H,14H2,1-3H3,(H,25,28)/b13-12+. The Hall–Kier alpha value is -3.38. The summed E-state index contributed by atoms with van der Waals surface area (Å²) in [5, 5.41) is 7.98. The van der Waals surface area contributed by atoms with E-state index < -0.39 is 5.97 Å². The Bertz CT molecular complexity index is 1120. The van der Waals surface area contributed by atoms with Crippen LogP contribution in [0.3, 0.4) is 0 Å². The highest BCUT2D eigenvalue weighted by molar-refractivity contribution is 6.32. The number of aromatic nitrogens is 2. The lowest BCUT2D eigenvalue weighted by Crippen LogP contribution is -2.12. The lowest BCUT2D eigenvalue weighted by atomic mass is 10.1. The minimum absolute atomic E-state index is 0.282. The molecule has 3 aromatic rings. The van der Waals surface area contributed by atoms with Gasteiger partial charge >= 0.3 is 5.97 Å². The Kier molecular flexibility index (Phi) is 6.69. The zero-order valence-corrected chi connectivity index (χ0v) is 17.7. The molecule has 0 unspecified atom stereocenters. The molecule has 0 aliphatic carbocycles. The number of hydrogen-bond acceptors (Lipinski definition) is 4. The summed E-state index contributed by atoms with van der Waals surface area (Å²) in [5.74, 6) is -0.680. The van der Waals surface area contributed by atoms with Crippen LogP contribution in [-0.2, 0) is 16.1 Å². The number of benzene rings is 2. The van der Waals surface area contributed by atoms with Gasteiger partial charge in [-0.3, -0.25) is 9.48 Å². The Morgan fingerprint density at radius 1 is 1.13 bits per heavy atom. The van der Waals surface area contributed by atoms with Crippen molar-refractivity contribution < 1.29 is 14.3 Å². The number of ether oxygens (including phenoxy) is 1. The van der Waals surface area contributed by atoms with Gasteiger partial charge in [0.1, 0.15) is 0 Å². The molecule has 1 heterocycles. The molecule has 1 N–H and O–H groups in total. The van der Waals surface area contributed by atoms with Gasteiger partial charge in [0.25, 0.3) is 0 Å². The molecule has 2 aromatic carbocycles. The number of halogens is 1. The molecule has 0 aliphatic rings. The van der Waals surface area contributed by atoms with Crippen LogP contribution in [-0.4, -0.2) is 28.8 Å². The molecule has 6 nitrogen and oxygen atoms in total. The monoisotopic (exact) mass is 423 g/mol. The number of methoxy groups -OCH3 is 1. The minimum Gasteiger partial charge on any atom is -0.465 e. The molecular weight excluding hydrogens is 402 g/mol. The average molecular weight is 424 g/mol. The van der Waals surface area contributed by atoms with Crippen LogP contribution in [0.15, 0.2) is 54.6 Å². The normalized spacial score (nSPS) is 10.9. The number of anilines is 1. The number of esters is 1. The third-order valence-electron chi connectivity index (χ3n) is 4.69. The van der Waals surface area contributed by atoms with Crippen LogP contribution in [0.25, 0.3) is 6.08 Å². The Labute approximate surface area is 180 Å². The maximum Gasteiger partial charge on any atom is 0.338 e. The van der Waals surface area contributed by atoms with Crippen molar-refractivity contribution in [3.05, 3.63) is 87.7 Å². The summed E-state index contributed by atoms with van der Waals surface area (Å²) in [7, 11) is 1.35. The Balaban J connectivity index is 1.79. The van der Waals surface area contributed by atoms with E-state index in [4.69, 9.17) is 16.3 Å². The molecule has 7 heteroatoms. The van der Waals surface area contributed by atoms with Crippen molar-refractivity contribution in [3.63, 3.8) is 0 Å². The highest BCUT2D eigenvalue weighted by Gasteiger charge is 2.16. The summed E-state index contributed by atoms with van der Waals surface area (Å²) in [4.78, 5) is 24.4. The molecule has 154 valence electrons. The summed E-state index contributed by atoms with van der Waals surface area (Å²) < 4.78 is 6.61. The van der Waals surface area contributed by atoms with Crippen LogP contribution >= 0.6 is 11.6 Å². The molecular formula is C23H22ClN3O3. The van der Waals surface area contributed by atoms with Crippen LogP contribution in [0.4, 0.5) is 5.69 Å². The molecule has 0 saturated heterocycles. The Morgan fingerprint density at radius 3 is 2.57 bits per heavy atom. The zero-order chi connectivity index (χ0) is 21.7. The van der Waals surface area contributed by atoms with E-state index in [0.29, 0.717) is 28.5 Å². The molecule has 0 bridgehead atoms. The van der Waals surface area contributed by atoms with Gasteiger partial charge < -0.3 is 10.1 Å². The van der Waals surface area contributed by atoms with E-state index in [-0.39, 0.29) is 5.91 Å². The molecule has 1 amide bonds. The van der Waals surface area contributed by atoms with Crippen molar-refractivity contribution in [1.29, 1.82) is 0 Å². The molecule has 0 aliphatic heterocycles. The second-order valence-electron chi connectivity index (χ2n) is 6.70. The molecule has 0 fully saturated rings. The van der Waals surface area contributed by atoms with Gasteiger partial charge in [0.15, 0.2) is 0 Å². The molecule has 0 saturated carbocycles. The first kappa shape index (κ1) is 21.3. The zero-order valence-electron chi connectivity index (χ0n) is 17.0. The first-order valence-electron chi connectivity index (χ1n) is 9.34. The summed E-state index contributed by atoms with van der Waals surface area (Å²) >= 11 is 6.11. The predicted octanol–water partition coefficient (Wildman–Crippen LogP) is 4.64. The van der Waals surface area contributed by atoms with Crippen molar-refractivity contribution in [2.75, 3.05) is 12.4 Å². The lowest BCUT2D eigenvalue weighted by molar-refractivity contribution is -0.111.